The largest absolute Gasteiger partial charge is 0.345 e. The highest BCUT2D eigenvalue weighted by Gasteiger charge is 2.23. The van der Waals surface area contributed by atoms with E-state index in [1.807, 2.05) is 5.38 Å². The highest BCUT2D eigenvalue weighted by molar-refractivity contribution is 9.10. The molecule has 1 saturated heterocycles. The fourth-order valence-electron chi connectivity index (χ4n) is 2.05. The Bertz CT molecular complexity index is 406. The summed E-state index contributed by atoms with van der Waals surface area (Å²) < 4.78 is 0.906. The lowest BCUT2D eigenvalue weighted by Gasteiger charge is -2.36. The second kappa shape index (κ2) is 5.80. The van der Waals surface area contributed by atoms with Crippen LogP contribution < -0.4 is 4.90 Å². The SMILES string of the molecule is CCC(C#N)N1CCN(c2nc(Br)cs2)CC1. The van der Waals surface area contributed by atoms with Crippen LogP contribution in [-0.4, -0.2) is 42.1 Å². The van der Waals surface area contributed by atoms with Gasteiger partial charge in [0.2, 0.25) is 0 Å². The average molecular weight is 315 g/mol. The molecule has 2 rings (SSSR count). The summed E-state index contributed by atoms with van der Waals surface area (Å²) in [4.78, 5) is 8.97. The van der Waals surface area contributed by atoms with Gasteiger partial charge in [0.25, 0.3) is 0 Å². The Hall–Kier alpha value is -0.640. The second-order valence-electron chi connectivity index (χ2n) is 4.03. The van der Waals surface area contributed by atoms with Crippen molar-refractivity contribution < 1.29 is 0 Å². The van der Waals surface area contributed by atoms with Crippen molar-refractivity contribution in [2.24, 2.45) is 0 Å². The van der Waals surface area contributed by atoms with Crippen molar-refractivity contribution in [2.45, 2.75) is 19.4 Å². The molecule has 1 aliphatic rings. The molecule has 0 saturated carbocycles. The second-order valence-corrected chi connectivity index (χ2v) is 5.68. The van der Waals surface area contributed by atoms with Crippen LogP contribution in [0.2, 0.25) is 0 Å². The molecular weight excluding hydrogens is 300 g/mol. The van der Waals surface area contributed by atoms with Crippen molar-refractivity contribution in [3.05, 3.63) is 9.98 Å². The molecule has 0 N–H and O–H groups in total. The molecule has 0 bridgehead atoms. The molecule has 0 aromatic carbocycles. The van der Waals surface area contributed by atoms with Crippen LogP contribution in [-0.2, 0) is 0 Å². The van der Waals surface area contributed by atoms with Crippen LogP contribution in [0.15, 0.2) is 9.98 Å². The van der Waals surface area contributed by atoms with E-state index in [-0.39, 0.29) is 6.04 Å². The minimum absolute atomic E-state index is 0.0696. The lowest BCUT2D eigenvalue weighted by Crippen LogP contribution is -2.49. The highest BCUT2D eigenvalue weighted by atomic mass is 79.9. The van der Waals surface area contributed by atoms with Gasteiger partial charge < -0.3 is 4.90 Å². The van der Waals surface area contributed by atoms with E-state index in [9.17, 15) is 0 Å². The van der Waals surface area contributed by atoms with Gasteiger partial charge in [0.1, 0.15) is 4.60 Å². The van der Waals surface area contributed by atoms with Crippen LogP contribution in [0.4, 0.5) is 5.13 Å². The van der Waals surface area contributed by atoms with Crippen molar-refractivity contribution in [1.82, 2.24) is 9.88 Å². The number of aromatic nitrogens is 1. The molecule has 1 aromatic heterocycles. The Morgan fingerprint density at radius 2 is 2.24 bits per heavy atom. The van der Waals surface area contributed by atoms with Crippen LogP contribution >= 0.6 is 27.3 Å². The van der Waals surface area contributed by atoms with Crippen molar-refractivity contribution in [3.8, 4) is 6.07 Å². The fraction of sp³-hybridized carbons (Fsp3) is 0.636. The topological polar surface area (TPSA) is 43.2 Å². The molecule has 1 unspecified atom stereocenters. The maximum absolute atomic E-state index is 9.04. The number of nitriles is 1. The van der Waals surface area contributed by atoms with Crippen LogP contribution in [0.3, 0.4) is 0 Å². The summed E-state index contributed by atoms with van der Waals surface area (Å²) in [7, 11) is 0. The fourth-order valence-corrected chi connectivity index (χ4v) is 3.35. The van der Waals surface area contributed by atoms with Gasteiger partial charge in [-0.15, -0.1) is 11.3 Å². The predicted octanol–water partition coefficient (Wildman–Crippen LogP) is 2.33. The number of nitrogens with zero attached hydrogens (tertiary/aromatic N) is 4. The Balaban J connectivity index is 1.92. The molecule has 1 fully saturated rings. The first-order valence-corrected chi connectivity index (χ1v) is 7.41. The molecule has 1 atom stereocenters. The van der Waals surface area contributed by atoms with Crippen LogP contribution in [0.25, 0.3) is 0 Å². The summed E-state index contributed by atoms with van der Waals surface area (Å²) in [6.07, 6.45) is 0.902. The van der Waals surface area contributed by atoms with E-state index in [0.29, 0.717) is 0 Å². The standard InChI is InChI=1S/C11H15BrN4S/c1-2-9(7-13)15-3-5-16(6-4-15)11-14-10(12)8-17-11/h8-9H,2-6H2,1H3. The van der Waals surface area contributed by atoms with E-state index in [4.69, 9.17) is 5.26 Å². The first kappa shape index (κ1) is 12.8. The third kappa shape index (κ3) is 2.97. The normalized spacial score (nSPS) is 19.0. The van der Waals surface area contributed by atoms with Gasteiger partial charge in [-0.3, -0.25) is 4.90 Å². The molecule has 6 heteroatoms. The monoisotopic (exact) mass is 314 g/mol. The van der Waals surface area contributed by atoms with Crippen LogP contribution in [0.1, 0.15) is 13.3 Å². The summed E-state index contributed by atoms with van der Waals surface area (Å²) in [6, 6.07) is 2.44. The quantitative estimate of drug-likeness (QED) is 0.859. The number of rotatable bonds is 3. The maximum atomic E-state index is 9.04. The Morgan fingerprint density at radius 1 is 1.53 bits per heavy atom. The number of thiazole rings is 1. The Kier molecular flexibility index (Phi) is 4.37. The van der Waals surface area contributed by atoms with Gasteiger partial charge in [-0.1, -0.05) is 6.92 Å². The highest BCUT2D eigenvalue weighted by Crippen LogP contribution is 2.24. The maximum Gasteiger partial charge on any atom is 0.186 e. The third-order valence-electron chi connectivity index (χ3n) is 3.03. The van der Waals surface area contributed by atoms with E-state index < -0.39 is 0 Å². The van der Waals surface area contributed by atoms with Gasteiger partial charge in [-0.05, 0) is 22.4 Å². The summed E-state index contributed by atoms with van der Waals surface area (Å²) in [5.41, 5.74) is 0. The van der Waals surface area contributed by atoms with Gasteiger partial charge in [0, 0.05) is 31.6 Å². The molecule has 0 amide bonds. The lowest BCUT2D eigenvalue weighted by molar-refractivity contribution is 0.216. The summed E-state index contributed by atoms with van der Waals surface area (Å²) >= 11 is 5.04. The molecule has 2 heterocycles. The first-order valence-electron chi connectivity index (χ1n) is 5.74. The molecule has 4 nitrogen and oxygen atoms in total. The lowest BCUT2D eigenvalue weighted by atomic mass is 10.2. The Labute approximate surface area is 114 Å². The van der Waals surface area contributed by atoms with Crippen molar-refractivity contribution >= 4 is 32.4 Å². The molecular formula is C11H15BrN4S. The van der Waals surface area contributed by atoms with Crippen LogP contribution in [0.5, 0.6) is 0 Å². The third-order valence-corrected chi connectivity index (χ3v) is 4.64. The van der Waals surface area contributed by atoms with E-state index in [2.05, 4.69) is 43.7 Å². The minimum atomic E-state index is 0.0696. The Morgan fingerprint density at radius 3 is 2.71 bits per heavy atom. The molecule has 92 valence electrons. The average Bonchev–Trinajstić information content (AvgIpc) is 2.78. The van der Waals surface area contributed by atoms with E-state index in [1.165, 1.54) is 0 Å². The summed E-state index contributed by atoms with van der Waals surface area (Å²) in [5.74, 6) is 0. The molecule has 0 spiro atoms. The summed E-state index contributed by atoms with van der Waals surface area (Å²) in [5, 5.41) is 12.1. The summed E-state index contributed by atoms with van der Waals surface area (Å²) in [6.45, 7) is 5.88. The van der Waals surface area contributed by atoms with Crippen molar-refractivity contribution in [3.63, 3.8) is 0 Å². The molecule has 1 aromatic rings. The smallest absolute Gasteiger partial charge is 0.186 e. The predicted molar refractivity (Wildman–Crippen MR) is 73.3 cm³/mol. The van der Waals surface area contributed by atoms with Gasteiger partial charge >= 0.3 is 0 Å². The van der Waals surface area contributed by atoms with E-state index in [0.717, 1.165) is 42.3 Å². The number of anilines is 1. The zero-order chi connectivity index (χ0) is 12.3. The van der Waals surface area contributed by atoms with Crippen molar-refractivity contribution in [1.29, 1.82) is 5.26 Å². The van der Waals surface area contributed by atoms with Crippen LogP contribution in [0, 0.1) is 11.3 Å². The zero-order valence-electron chi connectivity index (χ0n) is 9.77. The van der Waals surface area contributed by atoms with Gasteiger partial charge in [0.15, 0.2) is 5.13 Å². The minimum Gasteiger partial charge on any atom is -0.345 e. The van der Waals surface area contributed by atoms with Gasteiger partial charge in [-0.2, -0.15) is 5.26 Å². The molecule has 17 heavy (non-hydrogen) atoms. The number of hydrogen-bond donors (Lipinski definition) is 0. The zero-order valence-corrected chi connectivity index (χ0v) is 12.2. The number of piperazine rings is 1. The first-order chi connectivity index (χ1) is 8.24. The van der Waals surface area contributed by atoms with Gasteiger partial charge in [-0.25, -0.2) is 4.98 Å². The number of hydrogen-bond acceptors (Lipinski definition) is 5. The molecule has 0 aliphatic carbocycles. The van der Waals surface area contributed by atoms with Crippen molar-refractivity contribution in [2.75, 3.05) is 31.1 Å². The molecule has 0 radical (unpaired) electrons. The number of halogens is 1. The van der Waals surface area contributed by atoms with E-state index in [1.54, 1.807) is 11.3 Å². The molecule has 1 aliphatic heterocycles. The van der Waals surface area contributed by atoms with E-state index >= 15 is 0 Å². The van der Waals surface area contributed by atoms with Gasteiger partial charge in [0.05, 0.1) is 12.1 Å².